The number of rotatable bonds is 2. The van der Waals surface area contributed by atoms with Gasteiger partial charge in [0.1, 0.15) is 5.88 Å². The Kier molecular flexibility index (Phi) is 4.00. The first kappa shape index (κ1) is 10.8. The van der Waals surface area contributed by atoms with E-state index >= 15 is 0 Å². The number of amides is 1. The van der Waals surface area contributed by atoms with Crippen molar-refractivity contribution in [2.24, 2.45) is 0 Å². The summed E-state index contributed by atoms with van der Waals surface area (Å²) < 4.78 is 5.53. The topological polar surface area (TPSA) is 29.5 Å². The first-order valence-electron chi connectivity index (χ1n) is 4.66. The summed E-state index contributed by atoms with van der Waals surface area (Å²) >= 11 is 5.51. The zero-order valence-corrected chi connectivity index (χ0v) is 8.88. The van der Waals surface area contributed by atoms with Crippen LogP contribution in [-0.2, 0) is 9.53 Å². The smallest absolute Gasteiger partial charge is 0.237 e. The van der Waals surface area contributed by atoms with E-state index in [4.69, 9.17) is 16.3 Å². The summed E-state index contributed by atoms with van der Waals surface area (Å²) in [6.45, 7) is 5.35. The van der Waals surface area contributed by atoms with Crippen molar-refractivity contribution in [3.63, 3.8) is 0 Å². The zero-order chi connectivity index (χ0) is 9.84. The van der Waals surface area contributed by atoms with Gasteiger partial charge in [-0.25, -0.2) is 0 Å². The van der Waals surface area contributed by atoms with E-state index in [1.807, 2.05) is 11.8 Å². The molecule has 0 bridgehead atoms. The van der Waals surface area contributed by atoms with E-state index in [0.717, 1.165) is 6.42 Å². The highest BCUT2D eigenvalue weighted by atomic mass is 35.5. The van der Waals surface area contributed by atoms with E-state index in [-0.39, 0.29) is 23.9 Å². The number of hydrogen-bond acceptors (Lipinski definition) is 2. The first-order chi connectivity index (χ1) is 6.19. The highest BCUT2D eigenvalue weighted by Crippen LogP contribution is 2.14. The lowest BCUT2D eigenvalue weighted by atomic mass is 10.1. The summed E-state index contributed by atoms with van der Waals surface area (Å²) in [5.41, 5.74) is 0. The molecule has 1 fully saturated rings. The van der Waals surface area contributed by atoms with E-state index in [1.165, 1.54) is 0 Å². The maximum atomic E-state index is 11.4. The number of carbonyl (C=O) groups is 1. The lowest BCUT2D eigenvalue weighted by Crippen LogP contribution is -2.51. The monoisotopic (exact) mass is 205 g/mol. The van der Waals surface area contributed by atoms with Gasteiger partial charge in [0.2, 0.25) is 5.91 Å². The van der Waals surface area contributed by atoms with Crippen LogP contribution in [0.25, 0.3) is 0 Å². The van der Waals surface area contributed by atoms with Crippen LogP contribution < -0.4 is 0 Å². The van der Waals surface area contributed by atoms with Gasteiger partial charge in [0, 0.05) is 6.54 Å². The van der Waals surface area contributed by atoms with Gasteiger partial charge in [0.25, 0.3) is 0 Å². The van der Waals surface area contributed by atoms with E-state index in [1.54, 1.807) is 0 Å². The van der Waals surface area contributed by atoms with Crippen LogP contribution in [0.2, 0.25) is 0 Å². The third kappa shape index (κ3) is 2.58. The van der Waals surface area contributed by atoms with Crippen molar-refractivity contribution in [3.8, 4) is 0 Å². The van der Waals surface area contributed by atoms with Crippen LogP contribution in [0.1, 0.15) is 20.3 Å². The minimum absolute atomic E-state index is 0.0101. The summed E-state index contributed by atoms with van der Waals surface area (Å²) in [7, 11) is 0. The minimum Gasteiger partial charge on any atom is -0.374 e. The van der Waals surface area contributed by atoms with Gasteiger partial charge < -0.3 is 9.64 Å². The van der Waals surface area contributed by atoms with Crippen molar-refractivity contribution in [1.82, 2.24) is 4.90 Å². The second-order valence-electron chi connectivity index (χ2n) is 3.39. The van der Waals surface area contributed by atoms with Crippen LogP contribution in [0, 0.1) is 0 Å². The average Bonchev–Trinajstić information content (AvgIpc) is 2.17. The molecule has 1 aliphatic heterocycles. The van der Waals surface area contributed by atoms with Gasteiger partial charge in [-0.05, 0) is 13.3 Å². The fourth-order valence-electron chi connectivity index (χ4n) is 1.49. The SMILES string of the molecule is CCC1CN(C(=O)CCl)C(C)CO1. The Labute approximate surface area is 84.0 Å². The van der Waals surface area contributed by atoms with Crippen LogP contribution in [-0.4, -0.2) is 42.0 Å². The Morgan fingerprint density at radius 1 is 1.69 bits per heavy atom. The minimum atomic E-state index is 0.0101. The fourth-order valence-corrected chi connectivity index (χ4v) is 1.64. The van der Waals surface area contributed by atoms with Gasteiger partial charge in [-0.15, -0.1) is 11.6 Å². The molecule has 0 spiro atoms. The number of hydrogen-bond donors (Lipinski definition) is 0. The molecule has 0 aromatic rings. The van der Waals surface area contributed by atoms with Gasteiger partial charge >= 0.3 is 0 Å². The van der Waals surface area contributed by atoms with Gasteiger partial charge in [0.15, 0.2) is 0 Å². The fraction of sp³-hybridized carbons (Fsp3) is 0.889. The lowest BCUT2D eigenvalue weighted by molar-refractivity contribution is -0.141. The molecule has 1 amide bonds. The Bertz CT molecular complexity index is 186. The van der Waals surface area contributed by atoms with Gasteiger partial charge in [-0.1, -0.05) is 6.92 Å². The summed E-state index contributed by atoms with van der Waals surface area (Å²) in [6, 6.07) is 0.161. The molecule has 13 heavy (non-hydrogen) atoms. The maximum absolute atomic E-state index is 11.4. The second-order valence-corrected chi connectivity index (χ2v) is 3.66. The number of nitrogens with zero attached hydrogens (tertiary/aromatic N) is 1. The molecule has 0 aromatic heterocycles. The Morgan fingerprint density at radius 3 is 2.92 bits per heavy atom. The van der Waals surface area contributed by atoms with Gasteiger partial charge in [0.05, 0.1) is 18.8 Å². The Hall–Kier alpha value is -0.280. The predicted octanol–water partition coefficient (Wildman–Crippen LogP) is 1.25. The number of alkyl halides is 1. The lowest BCUT2D eigenvalue weighted by Gasteiger charge is -2.37. The summed E-state index contributed by atoms with van der Waals surface area (Å²) in [4.78, 5) is 13.2. The molecule has 1 heterocycles. The van der Waals surface area contributed by atoms with Crippen LogP contribution in [0.15, 0.2) is 0 Å². The van der Waals surface area contributed by atoms with Crippen molar-refractivity contribution in [3.05, 3.63) is 0 Å². The number of ether oxygens (including phenoxy) is 1. The number of morpholine rings is 1. The highest BCUT2D eigenvalue weighted by Gasteiger charge is 2.27. The third-order valence-electron chi connectivity index (χ3n) is 2.40. The van der Waals surface area contributed by atoms with Crippen LogP contribution >= 0.6 is 11.6 Å². The molecular weight excluding hydrogens is 190 g/mol. The molecule has 1 saturated heterocycles. The maximum Gasteiger partial charge on any atom is 0.237 e. The predicted molar refractivity (Wildman–Crippen MR) is 51.9 cm³/mol. The van der Waals surface area contributed by atoms with Crippen LogP contribution in [0.4, 0.5) is 0 Å². The van der Waals surface area contributed by atoms with E-state index in [2.05, 4.69) is 6.92 Å². The van der Waals surface area contributed by atoms with E-state index in [9.17, 15) is 4.79 Å². The molecule has 0 aromatic carbocycles. The molecule has 0 N–H and O–H groups in total. The molecule has 1 rings (SSSR count). The molecule has 0 radical (unpaired) electrons. The van der Waals surface area contributed by atoms with E-state index in [0.29, 0.717) is 13.2 Å². The van der Waals surface area contributed by atoms with Gasteiger partial charge in [-0.3, -0.25) is 4.79 Å². The number of carbonyl (C=O) groups excluding carboxylic acids is 1. The van der Waals surface area contributed by atoms with Crippen molar-refractivity contribution >= 4 is 17.5 Å². The van der Waals surface area contributed by atoms with Gasteiger partial charge in [-0.2, -0.15) is 0 Å². The average molecular weight is 206 g/mol. The second kappa shape index (κ2) is 4.82. The summed E-state index contributed by atoms with van der Waals surface area (Å²) in [5, 5.41) is 0. The Morgan fingerprint density at radius 2 is 2.38 bits per heavy atom. The molecule has 1 aliphatic rings. The van der Waals surface area contributed by atoms with E-state index < -0.39 is 0 Å². The van der Waals surface area contributed by atoms with Crippen LogP contribution in [0.5, 0.6) is 0 Å². The normalized spacial score (nSPS) is 29.0. The molecular formula is C9H16ClNO2. The number of halogens is 1. The van der Waals surface area contributed by atoms with Crippen molar-refractivity contribution in [1.29, 1.82) is 0 Å². The van der Waals surface area contributed by atoms with Crippen molar-refractivity contribution in [2.45, 2.75) is 32.4 Å². The largest absolute Gasteiger partial charge is 0.374 e. The molecule has 4 heteroatoms. The van der Waals surface area contributed by atoms with Crippen LogP contribution in [0.3, 0.4) is 0 Å². The zero-order valence-electron chi connectivity index (χ0n) is 8.12. The highest BCUT2D eigenvalue weighted by molar-refractivity contribution is 6.27. The molecule has 2 unspecified atom stereocenters. The van der Waals surface area contributed by atoms with Crippen molar-refractivity contribution < 1.29 is 9.53 Å². The summed E-state index contributed by atoms with van der Waals surface area (Å²) in [5.74, 6) is 0.0803. The molecule has 3 nitrogen and oxygen atoms in total. The first-order valence-corrected chi connectivity index (χ1v) is 5.19. The molecule has 76 valence electrons. The molecule has 0 saturated carbocycles. The summed E-state index contributed by atoms with van der Waals surface area (Å²) in [6.07, 6.45) is 1.13. The van der Waals surface area contributed by atoms with Crippen molar-refractivity contribution in [2.75, 3.05) is 19.0 Å². The molecule has 0 aliphatic carbocycles. The quantitative estimate of drug-likeness (QED) is 0.636. The Balaban J connectivity index is 2.54. The standard InChI is InChI=1S/C9H16ClNO2/c1-3-8-5-11(9(12)4-10)7(2)6-13-8/h7-8H,3-6H2,1-2H3. The third-order valence-corrected chi connectivity index (χ3v) is 2.62. The molecule has 2 atom stereocenters.